The van der Waals surface area contributed by atoms with Crippen molar-refractivity contribution in [2.24, 2.45) is 23.7 Å². The summed E-state index contributed by atoms with van der Waals surface area (Å²) in [5.74, 6) is -2.37. The van der Waals surface area contributed by atoms with E-state index in [9.17, 15) is 35.1 Å². The van der Waals surface area contributed by atoms with Crippen LogP contribution in [-0.2, 0) is 33.3 Å². The molecule has 0 amide bonds. The zero-order valence-corrected chi connectivity index (χ0v) is 34.4. The number of aliphatic hydroxyl groups excluding tert-OH is 4. The highest BCUT2D eigenvalue weighted by Crippen LogP contribution is 2.37. The molecule has 14 heteroatoms. The molecule has 2 saturated heterocycles. The lowest BCUT2D eigenvalue weighted by atomic mass is 9.79. The number of cyclic esters (lactones) is 1. The fourth-order valence-corrected chi connectivity index (χ4v) is 8.57. The molecule has 2 fully saturated rings. The van der Waals surface area contributed by atoms with E-state index in [4.69, 9.17) is 23.7 Å². The lowest BCUT2D eigenvalue weighted by Crippen LogP contribution is -2.65. The fourth-order valence-electron chi connectivity index (χ4n) is 7.75. The number of ketones is 1. The van der Waals surface area contributed by atoms with Crippen molar-refractivity contribution in [1.82, 2.24) is 4.90 Å². The van der Waals surface area contributed by atoms with Crippen molar-refractivity contribution in [2.45, 2.75) is 154 Å². The van der Waals surface area contributed by atoms with E-state index < -0.39 is 96.8 Å². The van der Waals surface area contributed by atoms with Crippen LogP contribution in [0, 0.1) is 23.7 Å². The van der Waals surface area contributed by atoms with E-state index in [2.05, 4.69) is 22.6 Å². The van der Waals surface area contributed by atoms with E-state index in [-0.39, 0.29) is 37.6 Å². The molecule has 3 heterocycles. The molecule has 3 rings (SSSR count). The topological polar surface area (TPSA) is 185 Å². The maximum atomic E-state index is 13.4. The average Bonchev–Trinajstić information content (AvgIpc) is 3.07. The van der Waals surface area contributed by atoms with Crippen molar-refractivity contribution in [3.8, 4) is 0 Å². The molecule has 52 heavy (non-hydrogen) atoms. The molecular formula is C38H64INO12. The molecule has 3 aliphatic rings. The molecule has 0 aliphatic carbocycles. The standard InChI is InChI=1S/C38H64INO12/c1-10-29-26(19-39)15-20(2)11-12-27(42)21(3)16-25(13-14-41)34(22(4)28(43)17-30(44)50-29)52-37-33(45)32(40(8)9)35(23(5)49-37)51-31-18-38(7,47)36(46)24(6)48-31/h11-12,15,21-26,28-29,31-37,41,43,45-47H,10,13-14,16-19H2,1-9H3/b12-11+,20-15+/t21-,22+,23-,24+,25+,26-,28-,29-,31+,32-,33-,34-,35-,36+,37+,38-/m1/s1. The van der Waals surface area contributed by atoms with Crippen molar-refractivity contribution < 1.29 is 58.8 Å². The first-order valence-electron chi connectivity index (χ1n) is 18.7. The Morgan fingerprint density at radius 1 is 1.02 bits per heavy atom. The second-order valence-corrected chi connectivity index (χ2v) is 16.5. The van der Waals surface area contributed by atoms with Crippen LogP contribution in [-0.4, -0.2) is 140 Å². The molecule has 0 spiro atoms. The summed E-state index contributed by atoms with van der Waals surface area (Å²) in [6.07, 6.45) is -2.94. The average molecular weight is 854 g/mol. The molecule has 0 aromatic heterocycles. The number of aliphatic hydroxyl groups is 5. The van der Waals surface area contributed by atoms with Gasteiger partial charge in [0, 0.05) is 35.2 Å². The molecule has 13 nitrogen and oxygen atoms in total. The van der Waals surface area contributed by atoms with Gasteiger partial charge in [-0.2, -0.15) is 0 Å². The van der Waals surface area contributed by atoms with Gasteiger partial charge < -0.3 is 54.1 Å². The van der Waals surface area contributed by atoms with Crippen LogP contribution in [0.4, 0.5) is 0 Å². The molecule has 3 aliphatic heterocycles. The van der Waals surface area contributed by atoms with Crippen molar-refractivity contribution in [1.29, 1.82) is 0 Å². The van der Waals surface area contributed by atoms with Gasteiger partial charge >= 0.3 is 5.97 Å². The highest BCUT2D eigenvalue weighted by Gasteiger charge is 2.51. The van der Waals surface area contributed by atoms with E-state index in [0.717, 1.165) is 5.57 Å². The second kappa shape index (κ2) is 20.2. The summed E-state index contributed by atoms with van der Waals surface area (Å²) in [4.78, 5) is 28.4. The number of carbonyl (C=O) groups is 2. The number of hydrogen-bond donors (Lipinski definition) is 5. The number of hydrogen-bond acceptors (Lipinski definition) is 13. The van der Waals surface area contributed by atoms with Crippen LogP contribution >= 0.6 is 22.6 Å². The molecule has 16 atom stereocenters. The Hall–Kier alpha value is -1.05. The summed E-state index contributed by atoms with van der Waals surface area (Å²) in [6.45, 7) is 12.1. The van der Waals surface area contributed by atoms with E-state index in [0.29, 0.717) is 17.3 Å². The third kappa shape index (κ3) is 11.7. The minimum atomic E-state index is -1.45. The van der Waals surface area contributed by atoms with Gasteiger partial charge in [-0.15, -0.1) is 0 Å². The minimum absolute atomic E-state index is 0.000327. The highest BCUT2D eigenvalue weighted by atomic mass is 127. The Kier molecular flexibility index (Phi) is 17.6. The van der Waals surface area contributed by atoms with Crippen LogP contribution in [0.5, 0.6) is 0 Å². The maximum absolute atomic E-state index is 13.4. The van der Waals surface area contributed by atoms with Crippen molar-refractivity contribution >= 4 is 34.3 Å². The SMILES string of the molecule is CC[C@H]1OC(=O)C[C@@H](O)[C@H](C)[C@@H](O[C@@H]2O[C@H](C)[C@@H](O[C@H]3C[C@@](C)(O)[C@@H](O)[C@H](C)O3)[C@H](N(C)C)[C@H]2O)[C@@H](CCO)C[C@@H](C)C(=O)/C=C/C(C)=C/[C@@H]1CI. The Morgan fingerprint density at radius 3 is 2.27 bits per heavy atom. The summed E-state index contributed by atoms with van der Waals surface area (Å²) >= 11 is 2.25. The number of likely N-dealkylation sites (N-methyl/N-ethyl adjacent to an activating group) is 1. The van der Waals surface area contributed by atoms with Gasteiger partial charge in [0.25, 0.3) is 0 Å². The fraction of sp³-hybridized carbons (Fsp3) is 0.842. The van der Waals surface area contributed by atoms with Gasteiger partial charge in [-0.05, 0) is 73.0 Å². The summed E-state index contributed by atoms with van der Waals surface area (Å²) in [5.41, 5.74) is -0.583. The van der Waals surface area contributed by atoms with Gasteiger partial charge in [0.1, 0.15) is 24.4 Å². The lowest BCUT2D eigenvalue weighted by Gasteiger charge is -2.50. The first-order valence-corrected chi connectivity index (χ1v) is 20.2. The van der Waals surface area contributed by atoms with Gasteiger partial charge in [-0.3, -0.25) is 9.59 Å². The molecule has 300 valence electrons. The minimum Gasteiger partial charge on any atom is -0.462 e. The van der Waals surface area contributed by atoms with E-state index >= 15 is 0 Å². The van der Waals surface area contributed by atoms with E-state index in [1.54, 1.807) is 51.9 Å². The van der Waals surface area contributed by atoms with Crippen molar-refractivity contribution in [2.75, 3.05) is 25.1 Å². The maximum Gasteiger partial charge on any atom is 0.308 e. The summed E-state index contributed by atoms with van der Waals surface area (Å²) in [7, 11) is 3.57. The van der Waals surface area contributed by atoms with Crippen LogP contribution in [0.25, 0.3) is 0 Å². The van der Waals surface area contributed by atoms with Gasteiger partial charge in [-0.1, -0.05) is 61.1 Å². The summed E-state index contributed by atoms with van der Waals surface area (Å²) < 4.78 is 31.8. The lowest BCUT2D eigenvalue weighted by molar-refractivity contribution is -0.342. The number of alkyl halides is 1. The molecule has 0 unspecified atom stereocenters. The van der Waals surface area contributed by atoms with Crippen LogP contribution in [0.1, 0.15) is 80.6 Å². The Bertz CT molecular complexity index is 1210. The van der Waals surface area contributed by atoms with Crippen LogP contribution in [0.3, 0.4) is 0 Å². The molecule has 0 aromatic rings. The predicted octanol–water partition coefficient (Wildman–Crippen LogP) is 2.91. The highest BCUT2D eigenvalue weighted by molar-refractivity contribution is 14.1. The molecule has 0 radical (unpaired) electrons. The second-order valence-electron chi connectivity index (χ2n) is 15.6. The summed E-state index contributed by atoms with van der Waals surface area (Å²) in [6, 6.07) is -0.680. The Labute approximate surface area is 323 Å². The van der Waals surface area contributed by atoms with Crippen molar-refractivity contribution in [3.63, 3.8) is 0 Å². The third-order valence-electron chi connectivity index (χ3n) is 10.9. The van der Waals surface area contributed by atoms with Crippen molar-refractivity contribution in [3.05, 3.63) is 23.8 Å². The van der Waals surface area contributed by atoms with Crippen LogP contribution < -0.4 is 0 Å². The molecular weight excluding hydrogens is 789 g/mol. The third-order valence-corrected chi connectivity index (χ3v) is 12.0. The number of rotatable bonds is 9. The number of nitrogens with zero attached hydrogens (tertiary/aromatic N) is 1. The number of carbonyl (C=O) groups excluding carboxylic acids is 2. The quantitative estimate of drug-likeness (QED) is 0.130. The summed E-state index contributed by atoms with van der Waals surface area (Å²) in [5, 5.41) is 54.8. The Balaban J connectivity index is 1.95. The smallest absolute Gasteiger partial charge is 0.308 e. The normalized spacial score (nSPS) is 44.9. The molecule has 0 aromatic carbocycles. The number of halogens is 1. The van der Waals surface area contributed by atoms with E-state index in [1.807, 2.05) is 26.8 Å². The largest absolute Gasteiger partial charge is 0.462 e. The first-order chi connectivity index (χ1) is 24.3. The predicted molar refractivity (Wildman–Crippen MR) is 202 cm³/mol. The Morgan fingerprint density at radius 2 is 1.69 bits per heavy atom. The molecule has 0 bridgehead atoms. The van der Waals surface area contributed by atoms with Gasteiger partial charge in [0.15, 0.2) is 18.4 Å². The van der Waals surface area contributed by atoms with Crippen LogP contribution in [0.2, 0.25) is 0 Å². The first kappa shape index (κ1) is 45.3. The number of esters is 1. The van der Waals surface area contributed by atoms with Gasteiger partial charge in [-0.25, -0.2) is 0 Å². The number of allylic oxidation sites excluding steroid dienone is 3. The zero-order chi connectivity index (χ0) is 39.1. The van der Waals surface area contributed by atoms with E-state index in [1.165, 1.54) is 6.92 Å². The molecule has 0 saturated carbocycles. The van der Waals surface area contributed by atoms with Gasteiger partial charge in [0.2, 0.25) is 0 Å². The zero-order valence-electron chi connectivity index (χ0n) is 32.3. The molecule has 5 N–H and O–H groups in total. The van der Waals surface area contributed by atoms with Gasteiger partial charge in [0.05, 0.1) is 42.5 Å². The van der Waals surface area contributed by atoms with Crippen LogP contribution in [0.15, 0.2) is 23.8 Å². The monoisotopic (exact) mass is 853 g/mol. The number of ether oxygens (including phenoxy) is 5.